The van der Waals surface area contributed by atoms with Crippen LogP contribution in [0.4, 0.5) is 17.2 Å². The first kappa shape index (κ1) is 12.7. The summed E-state index contributed by atoms with van der Waals surface area (Å²) < 4.78 is 0. The molecule has 0 saturated heterocycles. The number of halogens is 1. The van der Waals surface area contributed by atoms with Gasteiger partial charge in [0.2, 0.25) is 0 Å². The van der Waals surface area contributed by atoms with E-state index in [9.17, 15) is 0 Å². The third kappa shape index (κ3) is 2.93. The van der Waals surface area contributed by atoms with Crippen LogP contribution in [0, 0.1) is 6.92 Å². The Kier molecular flexibility index (Phi) is 3.72. The Hall–Kier alpha value is -1.74. The van der Waals surface area contributed by atoms with Crippen molar-refractivity contribution in [2.45, 2.75) is 6.92 Å². The first-order valence-electron chi connectivity index (χ1n) is 5.74. The zero-order valence-electron chi connectivity index (χ0n) is 10.7. The third-order valence-electron chi connectivity index (χ3n) is 2.68. The lowest BCUT2D eigenvalue weighted by Gasteiger charge is -2.17. The highest BCUT2D eigenvalue weighted by atomic mass is 35.5. The predicted octanol–water partition coefficient (Wildman–Crippen LogP) is 3.85. The van der Waals surface area contributed by atoms with E-state index < -0.39 is 0 Å². The van der Waals surface area contributed by atoms with Gasteiger partial charge in [0, 0.05) is 25.5 Å². The molecule has 0 unspecified atom stereocenters. The highest BCUT2D eigenvalue weighted by Crippen LogP contribution is 2.24. The van der Waals surface area contributed by atoms with E-state index >= 15 is 0 Å². The Bertz CT molecular complexity index is 552. The molecule has 0 saturated carbocycles. The fraction of sp³-hybridized carbons (Fsp3) is 0.214. The van der Waals surface area contributed by atoms with Gasteiger partial charge in [0.25, 0.3) is 0 Å². The average molecular weight is 262 g/mol. The molecule has 0 fully saturated rings. The molecule has 1 N–H and O–H groups in total. The Morgan fingerprint density at radius 1 is 1.17 bits per heavy atom. The summed E-state index contributed by atoms with van der Waals surface area (Å²) in [6.07, 6.45) is 0. The molecule has 0 aliphatic heterocycles. The summed E-state index contributed by atoms with van der Waals surface area (Å²) in [5.74, 6) is 0.746. The van der Waals surface area contributed by atoms with E-state index in [0.29, 0.717) is 5.15 Å². The minimum Gasteiger partial charge on any atom is -0.377 e. The summed E-state index contributed by atoms with van der Waals surface area (Å²) in [6.45, 7) is 2.09. The van der Waals surface area contributed by atoms with Gasteiger partial charge in [-0.05, 0) is 36.8 Å². The van der Waals surface area contributed by atoms with Crippen molar-refractivity contribution in [3.8, 4) is 0 Å². The van der Waals surface area contributed by atoms with Crippen molar-refractivity contribution in [1.82, 2.24) is 4.98 Å². The first-order chi connectivity index (χ1) is 8.56. The van der Waals surface area contributed by atoms with E-state index in [1.807, 2.05) is 32.3 Å². The van der Waals surface area contributed by atoms with Crippen molar-refractivity contribution in [1.29, 1.82) is 0 Å². The SMILES string of the molecule is Cc1ccc(Nc2cccc(Cl)n2)cc1N(C)C. The molecule has 1 aromatic carbocycles. The van der Waals surface area contributed by atoms with Gasteiger partial charge in [-0.1, -0.05) is 23.7 Å². The van der Waals surface area contributed by atoms with Gasteiger partial charge in [0.05, 0.1) is 0 Å². The molecule has 2 aromatic rings. The zero-order valence-corrected chi connectivity index (χ0v) is 11.5. The molecular weight excluding hydrogens is 246 g/mol. The smallest absolute Gasteiger partial charge is 0.132 e. The lowest BCUT2D eigenvalue weighted by atomic mass is 10.1. The molecule has 0 radical (unpaired) electrons. The molecule has 18 heavy (non-hydrogen) atoms. The molecule has 1 heterocycles. The van der Waals surface area contributed by atoms with Crippen LogP contribution in [0.3, 0.4) is 0 Å². The monoisotopic (exact) mass is 261 g/mol. The van der Waals surface area contributed by atoms with Gasteiger partial charge in [-0.3, -0.25) is 0 Å². The molecule has 0 aliphatic rings. The minimum absolute atomic E-state index is 0.486. The van der Waals surface area contributed by atoms with E-state index in [0.717, 1.165) is 11.5 Å². The summed E-state index contributed by atoms with van der Waals surface area (Å²) in [6, 6.07) is 11.7. The molecule has 0 atom stereocenters. The Labute approximate surface area is 112 Å². The number of hydrogen-bond donors (Lipinski definition) is 1. The molecule has 4 heteroatoms. The summed E-state index contributed by atoms with van der Waals surface area (Å²) >= 11 is 5.86. The van der Waals surface area contributed by atoms with E-state index in [4.69, 9.17) is 11.6 Å². The van der Waals surface area contributed by atoms with Gasteiger partial charge < -0.3 is 10.2 Å². The second-order valence-corrected chi connectivity index (χ2v) is 4.75. The molecule has 2 rings (SSSR count). The summed E-state index contributed by atoms with van der Waals surface area (Å²) in [7, 11) is 4.06. The standard InChI is InChI=1S/C14H16ClN3/c1-10-7-8-11(9-12(10)18(2)3)16-14-6-4-5-13(15)17-14/h4-9H,1-3H3,(H,16,17). The number of benzene rings is 1. The zero-order chi connectivity index (χ0) is 13.1. The fourth-order valence-corrected chi connectivity index (χ4v) is 1.96. The fourth-order valence-electron chi connectivity index (χ4n) is 1.79. The number of aryl methyl sites for hydroxylation is 1. The maximum Gasteiger partial charge on any atom is 0.132 e. The number of rotatable bonds is 3. The second kappa shape index (κ2) is 5.27. The van der Waals surface area contributed by atoms with Gasteiger partial charge in [-0.25, -0.2) is 4.98 Å². The van der Waals surface area contributed by atoms with Crippen LogP contribution in [0.1, 0.15) is 5.56 Å². The molecule has 0 amide bonds. The number of aromatic nitrogens is 1. The van der Waals surface area contributed by atoms with E-state index in [2.05, 4.69) is 34.3 Å². The number of nitrogens with zero attached hydrogens (tertiary/aromatic N) is 2. The lowest BCUT2D eigenvalue weighted by Crippen LogP contribution is -2.10. The van der Waals surface area contributed by atoms with Crippen LogP contribution in [0.5, 0.6) is 0 Å². The van der Waals surface area contributed by atoms with Gasteiger partial charge in [-0.2, -0.15) is 0 Å². The number of anilines is 3. The summed E-state index contributed by atoms with van der Waals surface area (Å²) in [5.41, 5.74) is 3.42. The molecular formula is C14H16ClN3. The van der Waals surface area contributed by atoms with Crippen molar-refractivity contribution in [3.63, 3.8) is 0 Å². The first-order valence-corrected chi connectivity index (χ1v) is 6.11. The predicted molar refractivity (Wildman–Crippen MR) is 78.0 cm³/mol. The average Bonchev–Trinajstić information content (AvgIpc) is 2.31. The van der Waals surface area contributed by atoms with Crippen molar-refractivity contribution < 1.29 is 0 Å². The maximum atomic E-state index is 5.86. The molecule has 94 valence electrons. The number of pyridine rings is 1. The van der Waals surface area contributed by atoms with E-state index in [1.165, 1.54) is 11.3 Å². The van der Waals surface area contributed by atoms with Crippen molar-refractivity contribution in [2.75, 3.05) is 24.3 Å². The summed E-state index contributed by atoms with van der Waals surface area (Å²) in [5, 5.41) is 3.73. The lowest BCUT2D eigenvalue weighted by molar-refractivity contribution is 1.11. The van der Waals surface area contributed by atoms with Gasteiger partial charge in [0.1, 0.15) is 11.0 Å². The Morgan fingerprint density at radius 3 is 2.61 bits per heavy atom. The normalized spacial score (nSPS) is 10.2. The number of hydrogen-bond acceptors (Lipinski definition) is 3. The van der Waals surface area contributed by atoms with Crippen LogP contribution in [-0.4, -0.2) is 19.1 Å². The van der Waals surface area contributed by atoms with Crippen LogP contribution >= 0.6 is 11.6 Å². The van der Waals surface area contributed by atoms with Crippen molar-refractivity contribution in [2.24, 2.45) is 0 Å². The Balaban J connectivity index is 2.27. The molecule has 1 aromatic heterocycles. The maximum absolute atomic E-state index is 5.86. The van der Waals surface area contributed by atoms with E-state index in [-0.39, 0.29) is 0 Å². The Morgan fingerprint density at radius 2 is 1.94 bits per heavy atom. The molecule has 0 aliphatic carbocycles. The largest absolute Gasteiger partial charge is 0.377 e. The highest BCUT2D eigenvalue weighted by Gasteiger charge is 2.03. The van der Waals surface area contributed by atoms with Crippen LogP contribution < -0.4 is 10.2 Å². The van der Waals surface area contributed by atoms with Crippen LogP contribution in [0.15, 0.2) is 36.4 Å². The van der Waals surface area contributed by atoms with E-state index in [1.54, 1.807) is 6.07 Å². The molecule has 0 bridgehead atoms. The van der Waals surface area contributed by atoms with Crippen LogP contribution in [-0.2, 0) is 0 Å². The van der Waals surface area contributed by atoms with Gasteiger partial charge >= 0.3 is 0 Å². The second-order valence-electron chi connectivity index (χ2n) is 4.37. The van der Waals surface area contributed by atoms with Crippen LogP contribution in [0.25, 0.3) is 0 Å². The molecule has 0 spiro atoms. The quantitative estimate of drug-likeness (QED) is 0.851. The van der Waals surface area contributed by atoms with Gasteiger partial charge in [-0.15, -0.1) is 0 Å². The molecule has 3 nitrogen and oxygen atoms in total. The third-order valence-corrected chi connectivity index (χ3v) is 2.89. The topological polar surface area (TPSA) is 28.2 Å². The number of nitrogens with one attached hydrogen (secondary N) is 1. The van der Waals surface area contributed by atoms with Crippen LogP contribution in [0.2, 0.25) is 5.15 Å². The minimum atomic E-state index is 0.486. The van der Waals surface area contributed by atoms with Crippen molar-refractivity contribution >= 4 is 28.8 Å². The summed E-state index contributed by atoms with van der Waals surface area (Å²) in [4.78, 5) is 6.30. The van der Waals surface area contributed by atoms with Crippen molar-refractivity contribution in [3.05, 3.63) is 47.1 Å². The van der Waals surface area contributed by atoms with Gasteiger partial charge in [0.15, 0.2) is 0 Å². The highest BCUT2D eigenvalue weighted by molar-refractivity contribution is 6.29.